The number of carbonyl (C=O) groups excluding carboxylic acids is 3. The Hall–Kier alpha value is -3.44. The molecule has 3 aliphatic rings. The average molecular weight is 653 g/mol. The molecule has 2 aromatic carbocycles. The summed E-state index contributed by atoms with van der Waals surface area (Å²) in [6.07, 6.45) is 6.74. The molecule has 2 aromatic rings. The molecule has 46 heavy (non-hydrogen) atoms. The maximum Gasteiger partial charge on any atom is 0.242 e. The molecule has 3 atom stereocenters. The maximum absolute atomic E-state index is 13.9. The lowest BCUT2D eigenvalue weighted by Crippen LogP contribution is -2.56. The largest absolute Gasteiger partial charge is 0.494 e. The van der Waals surface area contributed by atoms with Gasteiger partial charge in [-0.15, -0.1) is 0 Å². The van der Waals surface area contributed by atoms with Crippen molar-refractivity contribution in [2.45, 2.75) is 101 Å². The number of piperidine rings is 1. The second kappa shape index (κ2) is 15.9. The summed E-state index contributed by atoms with van der Waals surface area (Å²) in [5, 5.41) is 5.21. The normalized spacial score (nSPS) is 24.2. The van der Waals surface area contributed by atoms with Crippen LogP contribution in [-0.2, 0) is 37.4 Å². The molecule has 3 N–H and O–H groups in total. The van der Waals surface area contributed by atoms with Crippen LogP contribution in [0.4, 0.5) is 0 Å². The van der Waals surface area contributed by atoms with Gasteiger partial charge in [0.05, 0.1) is 18.3 Å². The first-order valence-corrected chi connectivity index (χ1v) is 18.4. The Morgan fingerprint density at radius 1 is 0.935 bits per heavy atom. The average Bonchev–Trinajstić information content (AvgIpc) is 3.06. The molecule has 0 radical (unpaired) electrons. The molecule has 5 rings (SSSR count). The smallest absolute Gasteiger partial charge is 0.242 e. The first-order valence-electron chi connectivity index (χ1n) is 16.8. The van der Waals surface area contributed by atoms with E-state index in [0.29, 0.717) is 45.4 Å². The number of carbonyl (C=O) groups is 3. The van der Waals surface area contributed by atoms with Gasteiger partial charge in [-0.2, -0.15) is 0 Å². The van der Waals surface area contributed by atoms with Crippen LogP contribution in [0.3, 0.4) is 0 Å². The molecule has 1 saturated heterocycles. The fourth-order valence-corrected chi connectivity index (χ4v) is 8.50. The minimum absolute atomic E-state index is 0.243. The molecule has 1 unspecified atom stereocenters. The van der Waals surface area contributed by atoms with Crippen molar-refractivity contribution in [2.75, 3.05) is 19.7 Å². The van der Waals surface area contributed by atoms with Crippen LogP contribution < -0.4 is 20.1 Å². The van der Waals surface area contributed by atoms with E-state index in [9.17, 15) is 22.8 Å². The fraction of sp³-hybridized carbons (Fsp3) is 0.571. The summed E-state index contributed by atoms with van der Waals surface area (Å²) in [4.78, 5) is 43.0. The van der Waals surface area contributed by atoms with Gasteiger partial charge in [0, 0.05) is 19.6 Å². The van der Waals surface area contributed by atoms with Gasteiger partial charge in [0.25, 0.3) is 0 Å². The summed E-state index contributed by atoms with van der Waals surface area (Å²) in [6.45, 7) is 3.81. The van der Waals surface area contributed by atoms with Crippen molar-refractivity contribution >= 4 is 27.7 Å². The number of fused-ring (bicyclic) bond motifs is 4. The molecule has 0 aromatic heterocycles. The molecule has 11 heteroatoms. The van der Waals surface area contributed by atoms with Crippen LogP contribution in [-0.4, -0.2) is 68.1 Å². The highest BCUT2D eigenvalue weighted by Gasteiger charge is 2.36. The zero-order chi connectivity index (χ0) is 32.5. The van der Waals surface area contributed by atoms with Gasteiger partial charge in [-0.3, -0.25) is 14.4 Å². The third kappa shape index (κ3) is 9.31. The molecule has 250 valence electrons. The standard InChI is InChI=1S/C35H48N4O6S/c1-25-14-16-29-21-28(25)23-36-34(41)31(17-15-26-9-4-2-5-10-26)37-35(42)32(38-46(43,44)30-12-6-3-7-13-30)22-33(40)39-19-8-11-27(24-39)18-20-45-29/h2,4-5,9-10,14,16,21,27,30-32,38H,3,6-8,11-13,15,17-20,22-24H2,1H3,(H,36,41)(H,37,42)/t27?,31-,32-/m0/s1. The number of nitrogens with one attached hydrogen (secondary N) is 3. The second-order valence-electron chi connectivity index (χ2n) is 13.1. The van der Waals surface area contributed by atoms with Gasteiger partial charge >= 0.3 is 0 Å². The number of hydrogen-bond donors (Lipinski definition) is 3. The molecule has 1 aliphatic carbocycles. The molecule has 0 spiro atoms. The highest BCUT2D eigenvalue weighted by Crippen LogP contribution is 2.25. The van der Waals surface area contributed by atoms with Crippen molar-refractivity contribution in [3.05, 3.63) is 65.2 Å². The fourth-order valence-electron chi connectivity index (χ4n) is 6.76. The predicted molar refractivity (Wildman–Crippen MR) is 176 cm³/mol. The summed E-state index contributed by atoms with van der Waals surface area (Å²) < 4.78 is 35.7. The monoisotopic (exact) mass is 652 g/mol. The van der Waals surface area contributed by atoms with Crippen molar-refractivity contribution < 1.29 is 27.5 Å². The van der Waals surface area contributed by atoms with Gasteiger partial charge in [-0.05, 0) is 86.6 Å². The van der Waals surface area contributed by atoms with E-state index in [-0.39, 0.29) is 30.7 Å². The third-order valence-corrected chi connectivity index (χ3v) is 11.6. The Morgan fingerprint density at radius 3 is 2.50 bits per heavy atom. The van der Waals surface area contributed by atoms with Gasteiger partial charge < -0.3 is 20.3 Å². The van der Waals surface area contributed by atoms with Gasteiger partial charge in [-0.25, -0.2) is 13.1 Å². The summed E-state index contributed by atoms with van der Waals surface area (Å²) in [5.41, 5.74) is 2.92. The number of benzene rings is 2. The van der Waals surface area contributed by atoms with Crippen molar-refractivity contribution in [3.63, 3.8) is 0 Å². The quantitative estimate of drug-likeness (QED) is 0.435. The molecule has 2 aliphatic heterocycles. The van der Waals surface area contributed by atoms with E-state index in [1.54, 1.807) is 4.90 Å². The van der Waals surface area contributed by atoms with E-state index in [0.717, 1.165) is 61.0 Å². The summed E-state index contributed by atoms with van der Waals surface area (Å²) in [7, 11) is -3.88. The molecule has 10 nitrogen and oxygen atoms in total. The van der Waals surface area contributed by atoms with Gasteiger partial charge in [0.1, 0.15) is 17.8 Å². The molecule has 4 bridgehead atoms. The first-order chi connectivity index (χ1) is 22.2. The molecular weight excluding hydrogens is 604 g/mol. The zero-order valence-corrected chi connectivity index (χ0v) is 27.7. The van der Waals surface area contributed by atoms with E-state index in [2.05, 4.69) is 15.4 Å². The van der Waals surface area contributed by atoms with E-state index in [1.165, 1.54) is 0 Å². The lowest BCUT2D eigenvalue weighted by atomic mass is 9.94. The molecule has 1 saturated carbocycles. The Balaban J connectivity index is 1.42. The Bertz CT molecular complexity index is 1460. The molecule has 2 heterocycles. The van der Waals surface area contributed by atoms with Crippen LogP contribution >= 0.6 is 0 Å². The number of rotatable bonds is 6. The molecular formula is C35H48N4O6S. The third-order valence-electron chi connectivity index (χ3n) is 9.63. The maximum atomic E-state index is 13.9. The van der Waals surface area contributed by atoms with Gasteiger partial charge in [0.2, 0.25) is 27.7 Å². The summed E-state index contributed by atoms with van der Waals surface area (Å²) in [6, 6.07) is 13.2. The van der Waals surface area contributed by atoms with E-state index in [1.807, 2.05) is 55.5 Å². The van der Waals surface area contributed by atoms with E-state index < -0.39 is 33.3 Å². The Kier molecular flexibility index (Phi) is 11.7. The topological polar surface area (TPSA) is 134 Å². The first kappa shape index (κ1) is 33.9. The van der Waals surface area contributed by atoms with Crippen molar-refractivity contribution in [2.24, 2.45) is 5.92 Å². The van der Waals surface area contributed by atoms with Crippen LogP contribution in [0.15, 0.2) is 48.5 Å². The summed E-state index contributed by atoms with van der Waals surface area (Å²) in [5.74, 6) is -0.347. The van der Waals surface area contributed by atoms with E-state index >= 15 is 0 Å². The Morgan fingerprint density at radius 2 is 1.72 bits per heavy atom. The number of hydrogen-bond acceptors (Lipinski definition) is 6. The van der Waals surface area contributed by atoms with E-state index in [4.69, 9.17) is 4.74 Å². The zero-order valence-electron chi connectivity index (χ0n) is 26.8. The van der Waals surface area contributed by atoms with Gasteiger partial charge in [-0.1, -0.05) is 55.7 Å². The van der Waals surface area contributed by atoms with Gasteiger partial charge in [0.15, 0.2) is 0 Å². The highest BCUT2D eigenvalue weighted by atomic mass is 32.2. The molecule has 2 fully saturated rings. The minimum atomic E-state index is -3.88. The van der Waals surface area contributed by atoms with Crippen LogP contribution in [0, 0.1) is 12.8 Å². The minimum Gasteiger partial charge on any atom is -0.494 e. The number of sulfonamides is 1. The lowest BCUT2D eigenvalue weighted by molar-refractivity contribution is -0.136. The number of aryl methyl sites for hydroxylation is 2. The van der Waals surface area contributed by atoms with Crippen molar-refractivity contribution in [1.82, 2.24) is 20.3 Å². The van der Waals surface area contributed by atoms with Crippen LogP contribution in [0.5, 0.6) is 5.75 Å². The number of amides is 3. The Labute approximate surface area is 273 Å². The predicted octanol–water partition coefficient (Wildman–Crippen LogP) is 3.76. The molecule has 3 amide bonds. The SMILES string of the molecule is Cc1ccc2cc1CNC(=O)[C@H](CCc1ccccc1)NC(=O)[C@@H](NS(=O)(=O)C1CCCCC1)CC(=O)N1CCCC(CCO2)C1. The van der Waals surface area contributed by atoms with Crippen LogP contribution in [0.1, 0.15) is 80.9 Å². The number of ether oxygens (including phenoxy) is 1. The lowest BCUT2D eigenvalue weighted by Gasteiger charge is -2.34. The number of nitrogens with zero attached hydrogens (tertiary/aromatic N) is 1. The van der Waals surface area contributed by atoms with Crippen molar-refractivity contribution in [1.29, 1.82) is 0 Å². The highest BCUT2D eigenvalue weighted by molar-refractivity contribution is 7.90. The van der Waals surface area contributed by atoms with Crippen molar-refractivity contribution in [3.8, 4) is 5.75 Å². The second-order valence-corrected chi connectivity index (χ2v) is 15.0. The summed E-state index contributed by atoms with van der Waals surface area (Å²) >= 11 is 0. The van der Waals surface area contributed by atoms with Crippen LogP contribution in [0.25, 0.3) is 0 Å². The van der Waals surface area contributed by atoms with Crippen LogP contribution in [0.2, 0.25) is 0 Å².